The first-order chi connectivity index (χ1) is 11.9. The normalized spacial score (nSPS) is 10.5. The molecule has 2 nitrogen and oxygen atoms in total. The Morgan fingerprint density at radius 3 is 2.33 bits per heavy atom. The molecule has 0 heterocycles. The van der Waals surface area contributed by atoms with Crippen LogP contribution in [0.4, 0.5) is 0 Å². The summed E-state index contributed by atoms with van der Waals surface area (Å²) in [4.78, 5) is 0. The van der Waals surface area contributed by atoms with Gasteiger partial charge >= 0.3 is 0 Å². The van der Waals surface area contributed by atoms with Crippen molar-refractivity contribution in [2.45, 2.75) is 19.4 Å². The molecule has 1 N–H and O–H groups in total. The Morgan fingerprint density at radius 2 is 1.50 bits per heavy atom. The van der Waals surface area contributed by atoms with Gasteiger partial charge in [0.1, 0.15) is 12.4 Å². The van der Waals surface area contributed by atoms with E-state index in [-0.39, 0.29) is 6.61 Å². The zero-order valence-corrected chi connectivity index (χ0v) is 13.7. The molecule has 3 rings (SSSR count). The number of hydrogen-bond acceptors (Lipinski definition) is 2. The highest BCUT2D eigenvalue weighted by atomic mass is 16.5. The summed E-state index contributed by atoms with van der Waals surface area (Å²) in [6.45, 7) is 0.781. The van der Waals surface area contributed by atoms with Gasteiger partial charge in [0.15, 0.2) is 0 Å². The molecule has 0 aliphatic carbocycles. The largest absolute Gasteiger partial charge is 0.488 e. The summed E-state index contributed by atoms with van der Waals surface area (Å²) < 4.78 is 6.06. The Morgan fingerprint density at radius 1 is 0.750 bits per heavy atom. The number of aliphatic hydroxyl groups excluding tert-OH is 1. The number of aryl methyl sites for hydroxylation is 1. The molecule has 0 bridgehead atoms. The van der Waals surface area contributed by atoms with Crippen LogP contribution in [0.25, 0.3) is 11.1 Å². The lowest BCUT2D eigenvalue weighted by atomic mass is 10.0. The number of aliphatic hydroxyl groups is 1. The van der Waals surface area contributed by atoms with Crippen molar-refractivity contribution in [3.63, 3.8) is 0 Å². The SMILES string of the molecule is OCCCc1cccc(-c2ccccc2OCc2ccccc2)c1. The van der Waals surface area contributed by atoms with Gasteiger partial charge in [-0.3, -0.25) is 0 Å². The van der Waals surface area contributed by atoms with Crippen LogP contribution >= 0.6 is 0 Å². The van der Waals surface area contributed by atoms with E-state index in [0.29, 0.717) is 6.61 Å². The molecule has 3 aromatic rings. The topological polar surface area (TPSA) is 29.5 Å². The standard InChI is InChI=1S/C22H22O2/c23-15-7-11-18-10-6-12-20(16-18)21-13-4-5-14-22(21)24-17-19-8-2-1-3-9-19/h1-6,8-10,12-14,16,23H,7,11,15,17H2. The van der Waals surface area contributed by atoms with Gasteiger partial charge in [-0.1, -0.05) is 72.8 Å². The summed E-state index contributed by atoms with van der Waals surface area (Å²) in [5.74, 6) is 0.890. The monoisotopic (exact) mass is 318 g/mol. The van der Waals surface area contributed by atoms with Crippen LogP contribution in [0.5, 0.6) is 5.75 Å². The Hall–Kier alpha value is -2.58. The molecule has 122 valence electrons. The van der Waals surface area contributed by atoms with Crippen LogP contribution in [0.1, 0.15) is 17.5 Å². The maximum atomic E-state index is 9.02. The van der Waals surface area contributed by atoms with E-state index in [2.05, 4.69) is 42.5 Å². The molecule has 24 heavy (non-hydrogen) atoms. The van der Waals surface area contributed by atoms with E-state index in [1.165, 1.54) is 5.56 Å². The summed E-state index contributed by atoms with van der Waals surface area (Å²) >= 11 is 0. The maximum Gasteiger partial charge on any atom is 0.127 e. The molecular weight excluding hydrogens is 296 g/mol. The van der Waals surface area contributed by atoms with Crippen molar-refractivity contribution >= 4 is 0 Å². The second-order valence-corrected chi connectivity index (χ2v) is 5.80. The van der Waals surface area contributed by atoms with Crippen molar-refractivity contribution in [1.82, 2.24) is 0 Å². The highest BCUT2D eigenvalue weighted by Gasteiger charge is 2.07. The molecule has 0 atom stereocenters. The average molecular weight is 318 g/mol. The number of hydrogen-bond donors (Lipinski definition) is 1. The third-order valence-electron chi connectivity index (χ3n) is 3.99. The van der Waals surface area contributed by atoms with Crippen LogP contribution in [0.15, 0.2) is 78.9 Å². The van der Waals surface area contributed by atoms with Crippen molar-refractivity contribution < 1.29 is 9.84 Å². The Labute approximate surface area is 143 Å². The minimum Gasteiger partial charge on any atom is -0.488 e. The highest BCUT2D eigenvalue weighted by molar-refractivity contribution is 5.70. The summed E-state index contributed by atoms with van der Waals surface area (Å²) in [5, 5.41) is 9.02. The van der Waals surface area contributed by atoms with E-state index in [9.17, 15) is 0 Å². The van der Waals surface area contributed by atoms with E-state index < -0.39 is 0 Å². The number of benzene rings is 3. The van der Waals surface area contributed by atoms with Gasteiger partial charge in [0.25, 0.3) is 0 Å². The van der Waals surface area contributed by atoms with Gasteiger partial charge in [0.05, 0.1) is 0 Å². The van der Waals surface area contributed by atoms with Crippen LogP contribution in [0, 0.1) is 0 Å². The summed E-state index contributed by atoms with van der Waals surface area (Å²) in [5.41, 5.74) is 4.64. The average Bonchev–Trinajstić information content (AvgIpc) is 2.66. The predicted molar refractivity (Wildman–Crippen MR) is 98.1 cm³/mol. The molecule has 0 aliphatic heterocycles. The minimum atomic E-state index is 0.223. The lowest BCUT2D eigenvalue weighted by Crippen LogP contribution is -1.97. The lowest BCUT2D eigenvalue weighted by molar-refractivity contribution is 0.288. The molecule has 0 saturated carbocycles. The molecular formula is C22H22O2. The predicted octanol–water partition coefficient (Wildman–Crippen LogP) is 4.86. The van der Waals surface area contributed by atoms with Gasteiger partial charge < -0.3 is 9.84 Å². The summed E-state index contributed by atoms with van der Waals surface area (Å²) in [6.07, 6.45) is 1.67. The van der Waals surface area contributed by atoms with Crippen molar-refractivity contribution in [1.29, 1.82) is 0 Å². The Balaban J connectivity index is 1.81. The summed E-state index contributed by atoms with van der Waals surface area (Å²) in [6, 6.07) is 26.8. The number of para-hydroxylation sites is 1. The van der Waals surface area contributed by atoms with E-state index in [0.717, 1.165) is 35.3 Å². The van der Waals surface area contributed by atoms with Crippen molar-refractivity contribution in [3.8, 4) is 16.9 Å². The van der Waals surface area contributed by atoms with Crippen molar-refractivity contribution in [2.75, 3.05) is 6.61 Å². The van der Waals surface area contributed by atoms with Gasteiger partial charge in [-0.15, -0.1) is 0 Å². The van der Waals surface area contributed by atoms with Crippen molar-refractivity contribution in [3.05, 3.63) is 90.0 Å². The van der Waals surface area contributed by atoms with Gasteiger partial charge in [0.2, 0.25) is 0 Å². The molecule has 0 amide bonds. The van der Waals surface area contributed by atoms with Crippen LogP contribution in [0.2, 0.25) is 0 Å². The van der Waals surface area contributed by atoms with Gasteiger partial charge in [-0.05, 0) is 35.6 Å². The fourth-order valence-electron chi connectivity index (χ4n) is 2.74. The quantitative estimate of drug-likeness (QED) is 0.674. The molecule has 2 heteroatoms. The Bertz CT molecular complexity index is 766. The van der Waals surface area contributed by atoms with Crippen LogP contribution in [-0.2, 0) is 13.0 Å². The summed E-state index contributed by atoms with van der Waals surface area (Å²) in [7, 11) is 0. The molecule has 0 spiro atoms. The number of ether oxygens (including phenoxy) is 1. The second-order valence-electron chi connectivity index (χ2n) is 5.80. The first kappa shape index (κ1) is 16.3. The zero-order chi connectivity index (χ0) is 16.6. The Kier molecular flexibility index (Phi) is 5.65. The highest BCUT2D eigenvalue weighted by Crippen LogP contribution is 2.31. The maximum absolute atomic E-state index is 9.02. The smallest absolute Gasteiger partial charge is 0.127 e. The molecule has 0 saturated heterocycles. The van der Waals surface area contributed by atoms with Gasteiger partial charge in [-0.2, -0.15) is 0 Å². The first-order valence-electron chi connectivity index (χ1n) is 8.33. The number of rotatable bonds is 7. The van der Waals surface area contributed by atoms with Crippen LogP contribution in [-0.4, -0.2) is 11.7 Å². The second kappa shape index (κ2) is 8.32. The third kappa shape index (κ3) is 4.24. The van der Waals surface area contributed by atoms with E-state index in [1.807, 2.05) is 36.4 Å². The lowest BCUT2D eigenvalue weighted by Gasteiger charge is -2.12. The molecule has 0 radical (unpaired) electrons. The molecule has 0 fully saturated rings. The fraction of sp³-hybridized carbons (Fsp3) is 0.182. The van der Waals surface area contributed by atoms with E-state index in [4.69, 9.17) is 9.84 Å². The van der Waals surface area contributed by atoms with Crippen molar-refractivity contribution in [2.24, 2.45) is 0 Å². The fourth-order valence-corrected chi connectivity index (χ4v) is 2.74. The molecule has 3 aromatic carbocycles. The minimum absolute atomic E-state index is 0.223. The third-order valence-corrected chi connectivity index (χ3v) is 3.99. The van der Waals surface area contributed by atoms with Crippen LogP contribution < -0.4 is 4.74 Å². The zero-order valence-electron chi connectivity index (χ0n) is 13.7. The van der Waals surface area contributed by atoms with Gasteiger partial charge in [0, 0.05) is 12.2 Å². The van der Waals surface area contributed by atoms with E-state index >= 15 is 0 Å². The van der Waals surface area contributed by atoms with Crippen LogP contribution in [0.3, 0.4) is 0 Å². The first-order valence-corrected chi connectivity index (χ1v) is 8.33. The molecule has 0 unspecified atom stereocenters. The van der Waals surface area contributed by atoms with E-state index in [1.54, 1.807) is 0 Å². The molecule has 0 aromatic heterocycles. The molecule has 0 aliphatic rings. The van der Waals surface area contributed by atoms with Gasteiger partial charge in [-0.25, -0.2) is 0 Å².